The normalized spacial score (nSPS) is 21.0. The van der Waals surface area contributed by atoms with Gasteiger partial charge >= 0.3 is 6.09 Å². The number of alkyl carbamates (subject to hydrolysis) is 1. The summed E-state index contributed by atoms with van der Waals surface area (Å²) in [5, 5.41) is 12.2. The Balaban J connectivity index is 0.955. The van der Waals surface area contributed by atoms with Crippen molar-refractivity contribution in [3.05, 3.63) is 162 Å². The second-order valence-corrected chi connectivity index (χ2v) is 14.3. The van der Waals surface area contributed by atoms with E-state index in [1.807, 2.05) is 128 Å². The third-order valence-electron chi connectivity index (χ3n) is 10.6. The quantitative estimate of drug-likeness (QED) is 0.133. The van der Waals surface area contributed by atoms with E-state index in [2.05, 4.69) is 27.9 Å². The molecule has 1 aromatic heterocycles. The molecule has 5 unspecified atom stereocenters. The summed E-state index contributed by atoms with van der Waals surface area (Å²) in [6.07, 6.45) is -0.120. The first-order valence-electron chi connectivity index (χ1n) is 18.7. The molecule has 284 valence electrons. The molecule has 2 N–H and O–H groups in total. The van der Waals surface area contributed by atoms with Crippen molar-refractivity contribution in [3.8, 4) is 11.1 Å². The number of aromatic nitrogens is 2. The third-order valence-corrected chi connectivity index (χ3v) is 10.6. The lowest BCUT2D eigenvalue weighted by molar-refractivity contribution is -0.276. The zero-order chi connectivity index (χ0) is 38.6. The lowest BCUT2D eigenvalue weighted by Crippen LogP contribution is -2.41. The van der Waals surface area contributed by atoms with Gasteiger partial charge in [-0.25, -0.2) is 9.78 Å². The van der Waals surface area contributed by atoms with Crippen LogP contribution in [-0.4, -0.2) is 49.6 Å². The predicted octanol–water partition coefficient (Wildman–Crippen LogP) is 7.24. The van der Waals surface area contributed by atoms with Crippen molar-refractivity contribution in [2.75, 3.05) is 0 Å². The van der Waals surface area contributed by atoms with Crippen molar-refractivity contribution in [1.82, 2.24) is 19.8 Å². The van der Waals surface area contributed by atoms with Crippen LogP contribution < -0.4 is 5.32 Å². The molecule has 5 aromatic carbocycles. The number of fused-ring (bicyclic) bond motifs is 1. The SMILES string of the molecule is CC1C(Cn2cnc3ccccc32)OC(c2ccc(-c3cccc(CN4C(=O)CC(NC(=O)OCc5ccccc5)C4=O)c3)cc2)OC1c1ccc(CO)cc1. The van der Waals surface area contributed by atoms with E-state index in [-0.39, 0.29) is 50.2 Å². The van der Waals surface area contributed by atoms with E-state index in [1.165, 1.54) is 4.90 Å². The number of ether oxygens (including phenoxy) is 3. The van der Waals surface area contributed by atoms with E-state index in [0.29, 0.717) is 6.54 Å². The van der Waals surface area contributed by atoms with Crippen molar-refractivity contribution in [1.29, 1.82) is 0 Å². The maximum Gasteiger partial charge on any atom is 0.408 e. The predicted molar refractivity (Wildman–Crippen MR) is 208 cm³/mol. The largest absolute Gasteiger partial charge is 0.445 e. The fourth-order valence-electron chi connectivity index (χ4n) is 7.41. The van der Waals surface area contributed by atoms with Crippen LogP contribution in [0.3, 0.4) is 0 Å². The second-order valence-electron chi connectivity index (χ2n) is 14.3. The maximum absolute atomic E-state index is 13.2. The van der Waals surface area contributed by atoms with E-state index in [4.69, 9.17) is 14.2 Å². The number of aliphatic hydroxyl groups is 1. The highest BCUT2D eigenvalue weighted by molar-refractivity contribution is 6.06. The van der Waals surface area contributed by atoms with Crippen LogP contribution in [0.25, 0.3) is 22.2 Å². The lowest BCUT2D eigenvalue weighted by Gasteiger charge is -2.41. The molecule has 0 spiro atoms. The van der Waals surface area contributed by atoms with Crippen LogP contribution >= 0.6 is 0 Å². The van der Waals surface area contributed by atoms with Crippen molar-refractivity contribution in [3.63, 3.8) is 0 Å². The van der Waals surface area contributed by atoms with E-state index in [9.17, 15) is 19.5 Å². The number of nitrogens with one attached hydrogen (secondary N) is 1. The molecule has 0 aliphatic carbocycles. The van der Waals surface area contributed by atoms with Crippen LogP contribution in [0.1, 0.15) is 53.6 Å². The number of carbonyl (C=O) groups excluding carboxylic acids is 3. The Hall–Kier alpha value is -6.14. The number of imidazole rings is 1. The Morgan fingerprint density at radius 1 is 0.821 bits per heavy atom. The number of para-hydroxylation sites is 2. The van der Waals surface area contributed by atoms with Crippen LogP contribution in [-0.2, 0) is 50.1 Å². The highest BCUT2D eigenvalue weighted by atomic mass is 16.7. The molecule has 2 fully saturated rings. The summed E-state index contributed by atoms with van der Waals surface area (Å²) < 4.78 is 20.8. The summed E-state index contributed by atoms with van der Waals surface area (Å²) >= 11 is 0. The van der Waals surface area contributed by atoms with Gasteiger partial charge in [0.05, 0.1) is 55.7 Å². The molecule has 3 amide bonds. The summed E-state index contributed by atoms with van der Waals surface area (Å²) in [6, 6.07) is 39.9. The number of amides is 3. The third kappa shape index (κ3) is 7.97. The molecule has 2 aliphatic rings. The van der Waals surface area contributed by atoms with Gasteiger partial charge in [0.15, 0.2) is 6.29 Å². The molecule has 11 nitrogen and oxygen atoms in total. The first kappa shape index (κ1) is 36.8. The van der Waals surface area contributed by atoms with E-state index in [1.54, 1.807) is 0 Å². The molecule has 3 heterocycles. The molecule has 0 saturated carbocycles. The number of carbonyl (C=O) groups is 3. The van der Waals surface area contributed by atoms with Gasteiger partial charge in [0.1, 0.15) is 12.6 Å². The number of rotatable bonds is 11. The number of likely N-dealkylation sites (tertiary alicyclic amines) is 1. The highest BCUT2D eigenvalue weighted by Gasteiger charge is 2.40. The van der Waals surface area contributed by atoms with Crippen molar-refractivity contribution in [2.45, 2.75) is 64.2 Å². The number of hydrogen-bond donors (Lipinski definition) is 2. The molecule has 56 heavy (non-hydrogen) atoms. The summed E-state index contributed by atoms with van der Waals surface area (Å²) in [5.74, 6) is -0.823. The highest BCUT2D eigenvalue weighted by Crippen LogP contribution is 2.42. The first-order chi connectivity index (χ1) is 27.3. The minimum absolute atomic E-state index is 0.00305. The molecule has 8 rings (SSSR count). The van der Waals surface area contributed by atoms with Gasteiger partial charge in [-0.3, -0.25) is 14.5 Å². The molecule has 0 radical (unpaired) electrons. The average Bonchev–Trinajstić information content (AvgIpc) is 3.76. The molecule has 2 saturated heterocycles. The van der Waals surface area contributed by atoms with Gasteiger partial charge in [-0.2, -0.15) is 0 Å². The summed E-state index contributed by atoms with van der Waals surface area (Å²) in [4.78, 5) is 44.3. The average molecular weight is 751 g/mol. The number of imide groups is 1. The minimum atomic E-state index is -0.980. The molecular weight excluding hydrogens is 709 g/mol. The topological polar surface area (TPSA) is 132 Å². The monoisotopic (exact) mass is 750 g/mol. The molecule has 0 bridgehead atoms. The molecule has 2 aliphatic heterocycles. The Bertz CT molecular complexity index is 2330. The zero-order valence-electron chi connectivity index (χ0n) is 30.9. The van der Waals surface area contributed by atoms with Gasteiger partial charge < -0.3 is 29.2 Å². The summed E-state index contributed by atoms with van der Waals surface area (Å²) in [6.45, 7) is 2.84. The fraction of sp³-hybridized carbons (Fsp3) is 0.244. The Kier molecular flexibility index (Phi) is 10.7. The van der Waals surface area contributed by atoms with Crippen LogP contribution in [0.15, 0.2) is 134 Å². The van der Waals surface area contributed by atoms with Crippen LogP contribution in [0.4, 0.5) is 4.79 Å². The van der Waals surface area contributed by atoms with E-state index < -0.39 is 24.3 Å². The van der Waals surface area contributed by atoms with Gasteiger partial charge in [0.2, 0.25) is 5.91 Å². The van der Waals surface area contributed by atoms with Crippen molar-refractivity contribution in [2.24, 2.45) is 5.92 Å². The Morgan fingerprint density at radius 2 is 1.55 bits per heavy atom. The lowest BCUT2D eigenvalue weighted by atomic mass is 9.90. The van der Waals surface area contributed by atoms with Gasteiger partial charge in [0, 0.05) is 11.5 Å². The van der Waals surface area contributed by atoms with Gasteiger partial charge in [-0.05, 0) is 51.6 Å². The van der Waals surface area contributed by atoms with Gasteiger partial charge in [-0.15, -0.1) is 0 Å². The van der Waals surface area contributed by atoms with Crippen LogP contribution in [0.2, 0.25) is 0 Å². The van der Waals surface area contributed by atoms with Crippen molar-refractivity contribution < 1.29 is 33.7 Å². The zero-order valence-corrected chi connectivity index (χ0v) is 30.9. The standard InChI is InChI=1S/C45H42N4O7/c1-29-40(25-48-28-46-37-12-5-6-13-39(37)48)55-44(56-42(29)34-16-14-30(26-50)15-17-34)35-20-18-33(19-21-35)36-11-7-10-32(22-36)24-49-41(51)23-38(43(49)52)47-45(53)54-27-31-8-3-2-4-9-31/h2-22,28-29,38,40,42,44,50H,23-27H2,1H3,(H,47,53). The van der Waals surface area contributed by atoms with Gasteiger partial charge in [0.25, 0.3) is 5.91 Å². The Morgan fingerprint density at radius 3 is 2.34 bits per heavy atom. The summed E-state index contributed by atoms with van der Waals surface area (Å²) in [5.41, 5.74) is 8.13. The molecule has 11 heteroatoms. The van der Waals surface area contributed by atoms with Crippen molar-refractivity contribution >= 4 is 28.9 Å². The number of hydrogen-bond acceptors (Lipinski definition) is 8. The molecular formula is C45H42N4O7. The number of nitrogens with zero attached hydrogens (tertiary/aromatic N) is 3. The smallest absolute Gasteiger partial charge is 0.408 e. The maximum atomic E-state index is 13.2. The molecule has 6 aromatic rings. The van der Waals surface area contributed by atoms with Crippen LogP contribution in [0.5, 0.6) is 0 Å². The number of benzene rings is 5. The summed E-state index contributed by atoms with van der Waals surface area (Å²) in [7, 11) is 0. The minimum Gasteiger partial charge on any atom is -0.445 e. The van der Waals surface area contributed by atoms with Crippen LogP contribution in [0, 0.1) is 5.92 Å². The molecule has 5 atom stereocenters. The number of aliphatic hydroxyl groups excluding tert-OH is 1. The second kappa shape index (κ2) is 16.3. The van der Waals surface area contributed by atoms with Gasteiger partial charge in [-0.1, -0.05) is 116 Å². The Labute approximate surface area is 324 Å². The van der Waals surface area contributed by atoms with E-state index >= 15 is 0 Å². The first-order valence-corrected chi connectivity index (χ1v) is 18.7. The fourth-order valence-corrected chi connectivity index (χ4v) is 7.41. The van der Waals surface area contributed by atoms with E-state index in [0.717, 1.165) is 50.0 Å².